The van der Waals surface area contributed by atoms with E-state index in [1.165, 1.54) is 10.4 Å². The molecule has 8 nitrogen and oxygen atoms in total. The van der Waals surface area contributed by atoms with Crippen LogP contribution in [0, 0.1) is 6.92 Å². The van der Waals surface area contributed by atoms with Crippen LogP contribution in [-0.2, 0) is 19.6 Å². The predicted molar refractivity (Wildman–Crippen MR) is 109 cm³/mol. The van der Waals surface area contributed by atoms with Crippen LogP contribution in [0.3, 0.4) is 0 Å². The molecule has 0 heterocycles. The average Bonchev–Trinajstić information content (AvgIpc) is 3.40. The standard InChI is InChI=1S/C19H30N4O4S/c1-5-23(6-2)28(26,27)16-10-7-14(3)17(11-16)21-19(25)13-22(4)12-18(24)20-15-8-9-15/h7,10-11,15H,5-6,8-9,12-13H2,1-4H3,(H,20,24)(H,21,25). The number of nitrogens with zero attached hydrogens (tertiary/aromatic N) is 2. The van der Waals surface area contributed by atoms with Gasteiger partial charge in [0.25, 0.3) is 0 Å². The lowest BCUT2D eigenvalue weighted by atomic mass is 10.2. The zero-order chi connectivity index (χ0) is 20.9. The molecular weight excluding hydrogens is 380 g/mol. The molecule has 1 aromatic carbocycles. The van der Waals surface area contributed by atoms with E-state index in [1.54, 1.807) is 44.9 Å². The lowest BCUT2D eigenvalue weighted by Gasteiger charge is -2.20. The first-order valence-corrected chi connectivity index (χ1v) is 11.0. The van der Waals surface area contributed by atoms with Crippen molar-refractivity contribution in [3.8, 4) is 0 Å². The van der Waals surface area contributed by atoms with Gasteiger partial charge in [0, 0.05) is 24.8 Å². The summed E-state index contributed by atoms with van der Waals surface area (Å²) in [4.78, 5) is 25.9. The summed E-state index contributed by atoms with van der Waals surface area (Å²) in [6.45, 7) is 6.30. The van der Waals surface area contributed by atoms with E-state index in [2.05, 4.69) is 10.6 Å². The van der Waals surface area contributed by atoms with E-state index >= 15 is 0 Å². The summed E-state index contributed by atoms with van der Waals surface area (Å²) in [5, 5.41) is 5.64. The Kier molecular flexibility index (Phi) is 7.56. The van der Waals surface area contributed by atoms with Crippen LogP contribution >= 0.6 is 0 Å². The maximum absolute atomic E-state index is 12.7. The summed E-state index contributed by atoms with van der Waals surface area (Å²) < 4.78 is 26.8. The molecule has 0 radical (unpaired) electrons. The van der Waals surface area contributed by atoms with Crippen LogP contribution in [-0.4, -0.2) is 68.7 Å². The van der Waals surface area contributed by atoms with Crippen molar-refractivity contribution in [3.05, 3.63) is 23.8 Å². The Labute approximate surface area is 167 Å². The van der Waals surface area contributed by atoms with Gasteiger partial charge in [-0.05, 0) is 44.5 Å². The summed E-state index contributed by atoms with van der Waals surface area (Å²) in [7, 11) is -1.91. The van der Waals surface area contributed by atoms with Crippen LogP contribution in [0.15, 0.2) is 23.1 Å². The minimum absolute atomic E-state index is 0.0323. The highest BCUT2D eigenvalue weighted by Gasteiger charge is 2.24. The van der Waals surface area contributed by atoms with Crippen molar-refractivity contribution in [1.29, 1.82) is 0 Å². The molecule has 2 rings (SSSR count). The Bertz CT molecular complexity index is 817. The van der Waals surface area contributed by atoms with Gasteiger partial charge in [-0.2, -0.15) is 4.31 Å². The molecule has 1 aliphatic carbocycles. The molecule has 28 heavy (non-hydrogen) atoms. The summed E-state index contributed by atoms with van der Waals surface area (Å²) in [5.41, 5.74) is 1.22. The van der Waals surface area contributed by atoms with Crippen LogP contribution in [0.2, 0.25) is 0 Å². The van der Waals surface area contributed by atoms with E-state index in [-0.39, 0.29) is 35.8 Å². The molecule has 0 aromatic heterocycles. The van der Waals surface area contributed by atoms with Crippen molar-refractivity contribution in [2.75, 3.05) is 38.5 Å². The Balaban J connectivity index is 2.02. The second-order valence-corrected chi connectivity index (χ2v) is 9.07. The highest BCUT2D eigenvalue weighted by Crippen LogP contribution is 2.23. The third-order valence-corrected chi connectivity index (χ3v) is 6.64. The normalized spacial score (nSPS) is 14.4. The summed E-state index contributed by atoms with van der Waals surface area (Å²) in [6, 6.07) is 5.00. The topological polar surface area (TPSA) is 98.8 Å². The molecule has 1 aromatic rings. The third-order valence-electron chi connectivity index (χ3n) is 4.60. The molecule has 0 aliphatic heterocycles. The number of benzene rings is 1. The smallest absolute Gasteiger partial charge is 0.243 e. The Morgan fingerprint density at radius 1 is 1.11 bits per heavy atom. The van der Waals surface area contributed by atoms with Gasteiger partial charge in [0.1, 0.15) is 0 Å². The highest BCUT2D eigenvalue weighted by atomic mass is 32.2. The van der Waals surface area contributed by atoms with Crippen LogP contribution < -0.4 is 10.6 Å². The van der Waals surface area contributed by atoms with Crippen LogP contribution in [0.1, 0.15) is 32.3 Å². The maximum atomic E-state index is 12.7. The first-order chi connectivity index (χ1) is 13.2. The van der Waals surface area contributed by atoms with E-state index in [1.807, 2.05) is 0 Å². The summed E-state index contributed by atoms with van der Waals surface area (Å²) in [6.07, 6.45) is 2.03. The van der Waals surface area contributed by atoms with Crippen molar-refractivity contribution in [2.45, 2.75) is 44.6 Å². The van der Waals surface area contributed by atoms with Crippen LogP contribution in [0.4, 0.5) is 5.69 Å². The predicted octanol–water partition coefficient (Wildman–Crippen LogP) is 1.17. The van der Waals surface area contributed by atoms with Crippen LogP contribution in [0.25, 0.3) is 0 Å². The van der Waals surface area contributed by atoms with Crippen LogP contribution in [0.5, 0.6) is 0 Å². The number of nitrogens with one attached hydrogen (secondary N) is 2. The molecule has 1 fully saturated rings. The lowest BCUT2D eigenvalue weighted by molar-refractivity contribution is -0.123. The Morgan fingerprint density at radius 2 is 1.71 bits per heavy atom. The fourth-order valence-electron chi connectivity index (χ4n) is 2.85. The number of sulfonamides is 1. The van der Waals surface area contributed by atoms with Crippen molar-refractivity contribution in [3.63, 3.8) is 0 Å². The molecule has 2 amide bonds. The number of carbonyl (C=O) groups excluding carboxylic acids is 2. The highest BCUT2D eigenvalue weighted by molar-refractivity contribution is 7.89. The summed E-state index contributed by atoms with van der Waals surface area (Å²) in [5.74, 6) is -0.400. The quantitative estimate of drug-likeness (QED) is 0.603. The van der Waals surface area contributed by atoms with Crippen molar-refractivity contribution < 1.29 is 18.0 Å². The molecule has 0 saturated heterocycles. The third kappa shape index (κ3) is 6.02. The van der Waals surface area contributed by atoms with Crippen molar-refractivity contribution >= 4 is 27.5 Å². The molecule has 156 valence electrons. The average molecular weight is 411 g/mol. The first kappa shape index (κ1) is 22.3. The van der Waals surface area contributed by atoms with Gasteiger partial charge in [-0.1, -0.05) is 19.9 Å². The molecule has 0 spiro atoms. The van der Waals surface area contributed by atoms with E-state index in [0.717, 1.165) is 18.4 Å². The van der Waals surface area contributed by atoms with Gasteiger partial charge in [0.05, 0.1) is 18.0 Å². The zero-order valence-corrected chi connectivity index (χ0v) is 17.8. The van der Waals surface area contributed by atoms with Gasteiger partial charge in [0.15, 0.2) is 0 Å². The number of rotatable bonds is 10. The number of carbonyl (C=O) groups is 2. The SMILES string of the molecule is CCN(CC)S(=O)(=O)c1ccc(C)c(NC(=O)CN(C)CC(=O)NC2CC2)c1. The molecule has 0 atom stereocenters. The van der Waals surface area contributed by atoms with E-state index in [0.29, 0.717) is 18.8 Å². The fourth-order valence-corrected chi connectivity index (χ4v) is 4.33. The number of likely N-dealkylation sites (N-methyl/N-ethyl adjacent to an activating group) is 1. The second kappa shape index (κ2) is 9.49. The Morgan fingerprint density at radius 3 is 2.29 bits per heavy atom. The molecule has 2 N–H and O–H groups in total. The number of aryl methyl sites for hydroxylation is 1. The lowest BCUT2D eigenvalue weighted by Crippen LogP contribution is -2.39. The minimum Gasteiger partial charge on any atom is -0.352 e. The zero-order valence-electron chi connectivity index (χ0n) is 17.0. The molecule has 0 unspecified atom stereocenters. The second-order valence-electron chi connectivity index (χ2n) is 7.13. The number of anilines is 1. The van der Waals surface area contributed by atoms with Gasteiger partial charge < -0.3 is 10.6 Å². The van der Waals surface area contributed by atoms with Crippen molar-refractivity contribution in [1.82, 2.24) is 14.5 Å². The van der Waals surface area contributed by atoms with Crippen molar-refractivity contribution in [2.24, 2.45) is 0 Å². The largest absolute Gasteiger partial charge is 0.352 e. The first-order valence-electron chi connectivity index (χ1n) is 9.55. The monoisotopic (exact) mass is 410 g/mol. The molecular formula is C19H30N4O4S. The molecule has 1 aliphatic rings. The summed E-state index contributed by atoms with van der Waals surface area (Å²) >= 11 is 0. The number of amides is 2. The van der Waals surface area contributed by atoms with E-state index in [4.69, 9.17) is 0 Å². The van der Waals surface area contributed by atoms with E-state index < -0.39 is 10.0 Å². The van der Waals surface area contributed by atoms with Gasteiger partial charge in [-0.25, -0.2) is 8.42 Å². The minimum atomic E-state index is -3.60. The molecule has 1 saturated carbocycles. The molecule has 9 heteroatoms. The number of hydrogen-bond donors (Lipinski definition) is 2. The molecule has 0 bridgehead atoms. The number of hydrogen-bond acceptors (Lipinski definition) is 5. The Hall–Kier alpha value is -1.97. The fraction of sp³-hybridized carbons (Fsp3) is 0.579. The van der Waals surface area contributed by atoms with Gasteiger partial charge >= 0.3 is 0 Å². The maximum Gasteiger partial charge on any atom is 0.243 e. The van der Waals surface area contributed by atoms with E-state index in [9.17, 15) is 18.0 Å². The van der Waals surface area contributed by atoms with Gasteiger partial charge in [-0.15, -0.1) is 0 Å². The van der Waals surface area contributed by atoms with Gasteiger partial charge in [-0.3, -0.25) is 14.5 Å². The van der Waals surface area contributed by atoms with Gasteiger partial charge in [0.2, 0.25) is 21.8 Å².